The predicted molar refractivity (Wildman–Crippen MR) is 105 cm³/mol. The highest BCUT2D eigenvalue weighted by Crippen LogP contribution is 2.17. The predicted octanol–water partition coefficient (Wildman–Crippen LogP) is 7.08. The van der Waals surface area contributed by atoms with Crippen molar-refractivity contribution < 1.29 is 9.90 Å². The number of hydrogen-bond acceptors (Lipinski definition) is 1. The summed E-state index contributed by atoms with van der Waals surface area (Å²) in [4.78, 5) is 11.2. The molecule has 2 nitrogen and oxygen atoms in total. The zero-order valence-electron chi connectivity index (χ0n) is 15.9. The number of carbonyl (C=O) groups is 1. The Morgan fingerprint density at radius 2 is 1.38 bits per heavy atom. The van der Waals surface area contributed by atoms with E-state index in [4.69, 9.17) is 0 Å². The molecule has 0 fully saturated rings. The Kier molecular flexibility index (Phi) is 17.1. The monoisotopic (exact) mass is 334 g/mol. The van der Waals surface area contributed by atoms with Gasteiger partial charge in [-0.05, 0) is 44.9 Å². The van der Waals surface area contributed by atoms with Gasteiger partial charge in [-0.15, -0.1) is 0 Å². The molecule has 0 amide bonds. The lowest BCUT2D eigenvalue weighted by molar-refractivity contribution is -0.142. The van der Waals surface area contributed by atoms with Gasteiger partial charge >= 0.3 is 5.97 Å². The van der Waals surface area contributed by atoms with Gasteiger partial charge in [0.15, 0.2) is 0 Å². The fraction of sp³-hybridized carbons (Fsp3) is 0.682. The molecular weight excluding hydrogens is 296 g/mol. The van der Waals surface area contributed by atoms with Gasteiger partial charge in [0.1, 0.15) is 0 Å². The van der Waals surface area contributed by atoms with Gasteiger partial charge in [-0.25, -0.2) is 0 Å². The molecule has 0 heterocycles. The Balaban J connectivity index is 3.50. The summed E-state index contributed by atoms with van der Waals surface area (Å²) < 4.78 is 0. The van der Waals surface area contributed by atoms with Crippen molar-refractivity contribution in [2.45, 2.75) is 90.9 Å². The van der Waals surface area contributed by atoms with Gasteiger partial charge in [0.25, 0.3) is 0 Å². The molecule has 0 bridgehead atoms. The maximum atomic E-state index is 11.2. The van der Waals surface area contributed by atoms with Crippen LogP contribution in [0.1, 0.15) is 90.9 Å². The van der Waals surface area contributed by atoms with Crippen LogP contribution in [0.5, 0.6) is 0 Å². The molecule has 0 aromatic carbocycles. The van der Waals surface area contributed by atoms with Crippen LogP contribution >= 0.6 is 0 Å². The second-order valence-electron chi connectivity index (χ2n) is 6.46. The molecule has 0 spiro atoms. The molecule has 1 unspecified atom stereocenters. The lowest BCUT2D eigenvalue weighted by Gasteiger charge is -2.11. The minimum absolute atomic E-state index is 0.121. The molecule has 2 heteroatoms. The minimum Gasteiger partial charge on any atom is -0.481 e. The van der Waals surface area contributed by atoms with Crippen molar-refractivity contribution in [1.82, 2.24) is 0 Å². The normalized spacial score (nSPS) is 13.4. The Morgan fingerprint density at radius 1 is 0.792 bits per heavy atom. The molecule has 0 aromatic rings. The number of aliphatic carboxylic acids is 1. The quantitative estimate of drug-likeness (QED) is 0.242. The van der Waals surface area contributed by atoms with Crippen LogP contribution in [0.4, 0.5) is 0 Å². The lowest BCUT2D eigenvalue weighted by Crippen LogP contribution is -2.13. The van der Waals surface area contributed by atoms with E-state index in [1.807, 2.05) is 0 Å². The Labute approximate surface area is 149 Å². The summed E-state index contributed by atoms with van der Waals surface area (Å²) in [5.41, 5.74) is 0. The molecule has 0 saturated heterocycles. The van der Waals surface area contributed by atoms with Gasteiger partial charge in [0.2, 0.25) is 0 Å². The van der Waals surface area contributed by atoms with Crippen molar-refractivity contribution in [2.24, 2.45) is 5.92 Å². The Hall–Kier alpha value is -1.31. The molecule has 0 saturated carbocycles. The summed E-state index contributed by atoms with van der Waals surface area (Å²) in [5, 5.41) is 9.19. The average Bonchev–Trinajstić information content (AvgIpc) is 2.57. The van der Waals surface area contributed by atoms with Crippen LogP contribution < -0.4 is 0 Å². The molecule has 0 rings (SSSR count). The zero-order chi connectivity index (χ0) is 17.9. The zero-order valence-corrected chi connectivity index (χ0v) is 15.9. The van der Waals surface area contributed by atoms with E-state index in [1.165, 1.54) is 12.8 Å². The molecule has 1 N–H and O–H groups in total. The molecular formula is C22H38O2. The summed E-state index contributed by atoms with van der Waals surface area (Å²) in [6.45, 7) is 4.27. The summed E-state index contributed by atoms with van der Waals surface area (Å²) in [5.74, 6) is -0.728. The number of carboxylic acid groups (broad SMARTS) is 1. The van der Waals surface area contributed by atoms with Crippen LogP contribution in [0.15, 0.2) is 36.5 Å². The highest BCUT2D eigenvalue weighted by atomic mass is 16.4. The van der Waals surface area contributed by atoms with Crippen LogP contribution in [0.3, 0.4) is 0 Å². The molecule has 1 atom stereocenters. The number of rotatable bonds is 16. The minimum atomic E-state index is -0.607. The second kappa shape index (κ2) is 18.0. The van der Waals surface area contributed by atoms with E-state index in [0.717, 1.165) is 64.2 Å². The molecule has 0 aromatic heterocycles. The highest BCUT2D eigenvalue weighted by molar-refractivity contribution is 5.69. The molecule has 24 heavy (non-hydrogen) atoms. The van der Waals surface area contributed by atoms with Gasteiger partial charge in [0.05, 0.1) is 5.92 Å². The summed E-state index contributed by atoms with van der Waals surface area (Å²) in [7, 11) is 0. The van der Waals surface area contributed by atoms with Crippen LogP contribution in [-0.4, -0.2) is 11.1 Å². The molecule has 0 aliphatic carbocycles. The third-order valence-electron chi connectivity index (χ3n) is 4.21. The van der Waals surface area contributed by atoms with Crippen molar-refractivity contribution in [3.05, 3.63) is 36.5 Å². The van der Waals surface area contributed by atoms with E-state index in [2.05, 4.69) is 50.3 Å². The van der Waals surface area contributed by atoms with Gasteiger partial charge in [-0.2, -0.15) is 0 Å². The molecule has 0 aliphatic heterocycles. The Bertz CT molecular complexity index is 366. The van der Waals surface area contributed by atoms with Crippen molar-refractivity contribution in [2.75, 3.05) is 0 Å². The average molecular weight is 335 g/mol. The van der Waals surface area contributed by atoms with E-state index in [-0.39, 0.29) is 5.92 Å². The fourth-order valence-corrected chi connectivity index (χ4v) is 2.67. The van der Waals surface area contributed by atoms with Crippen molar-refractivity contribution in [1.29, 1.82) is 0 Å². The van der Waals surface area contributed by atoms with Gasteiger partial charge in [-0.1, -0.05) is 82.4 Å². The number of unbranched alkanes of at least 4 members (excludes halogenated alkanes) is 5. The van der Waals surface area contributed by atoms with Crippen LogP contribution in [0, 0.1) is 5.92 Å². The maximum Gasteiger partial charge on any atom is 0.306 e. The SMILES string of the molecule is CC/C=C/C/C=C/C/C=C/CCCCCCC(CCCC)C(=O)O. The first-order valence-corrected chi connectivity index (χ1v) is 9.90. The summed E-state index contributed by atoms with van der Waals surface area (Å²) >= 11 is 0. The van der Waals surface area contributed by atoms with E-state index in [9.17, 15) is 9.90 Å². The molecule has 0 radical (unpaired) electrons. The third kappa shape index (κ3) is 15.6. The third-order valence-corrected chi connectivity index (χ3v) is 4.21. The standard InChI is InChI=1S/C22H38O2/c1-3-5-7-8-9-10-11-12-13-14-15-16-17-18-20-21(22(23)24)19-6-4-2/h5,7,9-10,12-13,21H,3-4,6,8,11,14-20H2,1-2H3,(H,23,24)/b7-5+,10-9+,13-12+. The number of carboxylic acids is 1. The van der Waals surface area contributed by atoms with E-state index in [1.54, 1.807) is 0 Å². The van der Waals surface area contributed by atoms with Gasteiger partial charge in [-0.3, -0.25) is 4.79 Å². The van der Waals surface area contributed by atoms with E-state index in [0.29, 0.717) is 0 Å². The van der Waals surface area contributed by atoms with Crippen molar-refractivity contribution in [3.63, 3.8) is 0 Å². The lowest BCUT2D eigenvalue weighted by atomic mass is 9.95. The van der Waals surface area contributed by atoms with Gasteiger partial charge in [0, 0.05) is 0 Å². The van der Waals surface area contributed by atoms with Crippen LogP contribution in [0.25, 0.3) is 0 Å². The molecule has 0 aliphatic rings. The van der Waals surface area contributed by atoms with Crippen LogP contribution in [0.2, 0.25) is 0 Å². The molecule has 138 valence electrons. The van der Waals surface area contributed by atoms with Gasteiger partial charge < -0.3 is 5.11 Å². The first-order chi connectivity index (χ1) is 11.7. The first kappa shape index (κ1) is 22.7. The summed E-state index contributed by atoms with van der Waals surface area (Å²) in [6, 6.07) is 0. The maximum absolute atomic E-state index is 11.2. The first-order valence-electron chi connectivity index (χ1n) is 9.90. The number of allylic oxidation sites excluding steroid dienone is 6. The summed E-state index contributed by atoms with van der Waals surface area (Å²) in [6.07, 6.45) is 26.1. The second-order valence-corrected chi connectivity index (χ2v) is 6.46. The van der Waals surface area contributed by atoms with Crippen molar-refractivity contribution in [3.8, 4) is 0 Å². The van der Waals surface area contributed by atoms with E-state index < -0.39 is 5.97 Å². The smallest absolute Gasteiger partial charge is 0.306 e. The fourth-order valence-electron chi connectivity index (χ4n) is 2.67. The van der Waals surface area contributed by atoms with Crippen LogP contribution in [-0.2, 0) is 4.79 Å². The van der Waals surface area contributed by atoms with E-state index >= 15 is 0 Å². The topological polar surface area (TPSA) is 37.3 Å². The highest BCUT2D eigenvalue weighted by Gasteiger charge is 2.15. The number of hydrogen-bond donors (Lipinski definition) is 1. The largest absolute Gasteiger partial charge is 0.481 e. The Morgan fingerprint density at radius 3 is 2.00 bits per heavy atom. The van der Waals surface area contributed by atoms with Crippen molar-refractivity contribution >= 4 is 5.97 Å².